The van der Waals surface area contributed by atoms with Crippen molar-refractivity contribution >= 4 is 17.5 Å². The fourth-order valence-corrected chi connectivity index (χ4v) is 4.03. The molecule has 1 fully saturated rings. The van der Waals surface area contributed by atoms with Crippen molar-refractivity contribution in [2.24, 2.45) is 0 Å². The Hall–Kier alpha value is -1.84. The molecule has 2 amide bonds. The van der Waals surface area contributed by atoms with Gasteiger partial charge in [-0.05, 0) is 31.4 Å². The first-order valence-corrected chi connectivity index (χ1v) is 11.9. The van der Waals surface area contributed by atoms with E-state index in [0.29, 0.717) is 17.7 Å². The van der Waals surface area contributed by atoms with Gasteiger partial charge >= 0.3 is 0 Å². The van der Waals surface area contributed by atoms with E-state index in [4.69, 9.17) is 0 Å². The summed E-state index contributed by atoms with van der Waals surface area (Å²) in [6, 6.07) is 7.39. The van der Waals surface area contributed by atoms with Crippen molar-refractivity contribution in [3.63, 3.8) is 0 Å². The predicted octanol–water partition coefficient (Wildman–Crippen LogP) is 6.56. The van der Waals surface area contributed by atoms with E-state index in [1.54, 1.807) is 0 Å². The molecule has 1 aromatic rings. The van der Waals surface area contributed by atoms with E-state index in [-0.39, 0.29) is 11.8 Å². The summed E-state index contributed by atoms with van der Waals surface area (Å²) in [5, 5.41) is 2.96. The number of hydrogen-bond donors (Lipinski definition) is 1. The van der Waals surface area contributed by atoms with Gasteiger partial charge in [-0.3, -0.25) is 9.59 Å². The van der Waals surface area contributed by atoms with Gasteiger partial charge in [0.1, 0.15) is 0 Å². The van der Waals surface area contributed by atoms with Crippen molar-refractivity contribution in [2.75, 3.05) is 18.4 Å². The molecule has 1 aliphatic heterocycles. The quantitative estimate of drug-likeness (QED) is 0.359. The standard InChI is InChI=1S/C25H40N2O2/c1-2-3-4-5-6-7-8-9-10-11-12-19-24(28)26-23-18-14-13-17-22(23)25(29)27-20-15-16-21-27/h13-14,17-18H,2-12,15-16,19-21H2,1H3,(H,26,28). The number of unbranched alkanes of at least 4 members (excludes halogenated alkanes) is 10. The summed E-state index contributed by atoms with van der Waals surface area (Å²) in [6.07, 6.45) is 16.7. The van der Waals surface area contributed by atoms with Crippen LogP contribution in [0.4, 0.5) is 5.69 Å². The zero-order valence-corrected chi connectivity index (χ0v) is 18.4. The number of benzene rings is 1. The van der Waals surface area contributed by atoms with Crippen LogP contribution in [0.15, 0.2) is 24.3 Å². The van der Waals surface area contributed by atoms with Crippen LogP contribution >= 0.6 is 0 Å². The van der Waals surface area contributed by atoms with Crippen molar-refractivity contribution in [1.29, 1.82) is 0 Å². The molecule has 162 valence electrons. The van der Waals surface area contributed by atoms with Crippen LogP contribution in [-0.4, -0.2) is 29.8 Å². The van der Waals surface area contributed by atoms with Gasteiger partial charge in [0.2, 0.25) is 5.91 Å². The highest BCUT2D eigenvalue weighted by molar-refractivity contribution is 6.03. The largest absolute Gasteiger partial charge is 0.339 e. The molecule has 1 saturated heterocycles. The van der Waals surface area contributed by atoms with Gasteiger partial charge in [0.05, 0.1) is 11.3 Å². The number of rotatable bonds is 14. The van der Waals surface area contributed by atoms with Crippen LogP contribution in [0.1, 0.15) is 107 Å². The summed E-state index contributed by atoms with van der Waals surface area (Å²) in [5.74, 6) is 0.0516. The lowest BCUT2D eigenvalue weighted by atomic mass is 10.1. The van der Waals surface area contributed by atoms with E-state index < -0.39 is 0 Å². The molecule has 1 aliphatic rings. The van der Waals surface area contributed by atoms with Crippen molar-refractivity contribution < 1.29 is 9.59 Å². The molecule has 0 spiro atoms. The van der Waals surface area contributed by atoms with Crippen LogP contribution in [0.3, 0.4) is 0 Å². The summed E-state index contributed by atoms with van der Waals surface area (Å²) in [6.45, 7) is 3.90. The second-order valence-electron chi connectivity index (χ2n) is 8.38. The first-order valence-electron chi connectivity index (χ1n) is 11.9. The molecule has 0 radical (unpaired) electrons. The summed E-state index contributed by atoms with van der Waals surface area (Å²) in [5.41, 5.74) is 1.26. The van der Waals surface area contributed by atoms with E-state index in [2.05, 4.69) is 12.2 Å². The topological polar surface area (TPSA) is 49.4 Å². The third kappa shape index (κ3) is 9.01. The number of anilines is 1. The Kier molecular flexibility index (Phi) is 11.5. The minimum absolute atomic E-state index is 0.0163. The van der Waals surface area contributed by atoms with E-state index in [1.807, 2.05) is 29.2 Å². The normalized spacial score (nSPS) is 13.6. The van der Waals surface area contributed by atoms with E-state index in [0.717, 1.165) is 38.8 Å². The first kappa shape index (κ1) is 23.4. The van der Waals surface area contributed by atoms with Crippen LogP contribution in [-0.2, 0) is 4.79 Å². The van der Waals surface area contributed by atoms with E-state index >= 15 is 0 Å². The van der Waals surface area contributed by atoms with Gasteiger partial charge in [0.15, 0.2) is 0 Å². The van der Waals surface area contributed by atoms with E-state index in [9.17, 15) is 9.59 Å². The summed E-state index contributed by atoms with van der Waals surface area (Å²) in [7, 11) is 0. The van der Waals surface area contributed by atoms with E-state index in [1.165, 1.54) is 57.8 Å². The fraction of sp³-hybridized carbons (Fsp3) is 0.680. The fourth-order valence-electron chi connectivity index (χ4n) is 4.03. The Morgan fingerprint density at radius 1 is 0.828 bits per heavy atom. The second-order valence-corrected chi connectivity index (χ2v) is 8.38. The van der Waals surface area contributed by atoms with Crippen LogP contribution in [0.2, 0.25) is 0 Å². The minimum atomic E-state index is 0.0163. The molecule has 0 unspecified atom stereocenters. The molecular formula is C25H40N2O2. The van der Waals surface area contributed by atoms with Gasteiger partial charge in [-0.2, -0.15) is 0 Å². The average molecular weight is 401 g/mol. The van der Waals surface area contributed by atoms with Gasteiger partial charge in [0.25, 0.3) is 5.91 Å². The number of carbonyl (C=O) groups is 2. The molecule has 2 rings (SSSR count). The highest BCUT2D eigenvalue weighted by Crippen LogP contribution is 2.20. The zero-order chi connectivity index (χ0) is 20.7. The number of nitrogens with zero attached hydrogens (tertiary/aromatic N) is 1. The van der Waals surface area contributed by atoms with Gasteiger partial charge in [-0.1, -0.05) is 83.3 Å². The molecule has 0 bridgehead atoms. The third-order valence-corrected chi connectivity index (χ3v) is 5.83. The van der Waals surface area contributed by atoms with Crippen LogP contribution in [0, 0.1) is 0 Å². The lowest BCUT2D eigenvalue weighted by Crippen LogP contribution is -2.28. The molecule has 0 saturated carbocycles. The molecule has 1 aromatic carbocycles. The van der Waals surface area contributed by atoms with Gasteiger partial charge < -0.3 is 10.2 Å². The van der Waals surface area contributed by atoms with Gasteiger partial charge in [-0.15, -0.1) is 0 Å². The Morgan fingerprint density at radius 3 is 2.00 bits per heavy atom. The lowest BCUT2D eigenvalue weighted by Gasteiger charge is -2.18. The maximum absolute atomic E-state index is 12.7. The zero-order valence-electron chi connectivity index (χ0n) is 18.4. The minimum Gasteiger partial charge on any atom is -0.339 e. The van der Waals surface area contributed by atoms with Crippen molar-refractivity contribution in [3.05, 3.63) is 29.8 Å². The van der Waals surface area contributed by atoms with Crippen molar-refractivity contribution in [1.82, 2.24) is 4.90 Å². The summed E-state index contributed by atoms with van der Waals surface area (Å²) < 4.78 is 0. The molecular weight excluding hydrogens is 360 g/mol. The third-order valence-electron chi connectivity index (χ3n) is 5.83. The molecule has 4 nitrogen and oxygen atoms in total. The molecule has 29 heavy (non-hydrogen) atoms. The molecule has 0 aromatic heterocycles. The Balaban J connectivity index is 1.59. The van der Waals surface area contributed by atoms with Crippen LogP contribution in [0.5, 0.6) is 0 Å². The number of likely N-dealkylation sites (tertiary alicyclic amines) is 1. The number of para-hydroxylation sites is 1. The molecule has 4 heteroatoms. The number of carbonyl (C=O) groups excluding carboxylic acids is 2. The SMILES string of the molecule is CCCCCCCCCCCCCC(=O)Nc1ccccc1C(=O)N1CCCC1. The lowest BCUT2D eigenvalue weighted by molar-refractivity contribution is -0.116. The van der Waals surface area contributed by atoms with Crippen molar-refractivity contribution in [2.45, 2.75) is 96.8 Å². The molecule has 0 atom stereocenters. The predicted molar refractivity (Wildman–Crippen MR) is 121 cm³/mol. The molecule has 0 aliphatic carbocycles. The Bertz CT molecular complexity index is 609. The molecule has 1 heterocycles. The van der Waals surface area contributed by atoms with Gasteiger partial charge in [0, 0.05) is 19.5 Å². The van der Waals surface area contributed by atoms with Crippen molar-refractivity contribution in [3.8, 4) is 0 Å². The Labute approximate surface area is 177 Å². The first-order chi connectivity index (χ1) is 14.2. The summed E-state index contributed by atoms with van der Waals surface area (Å²) >= 11 is 0. The maximum atomic E-state index is 12.7. The second kappa shape index (κ2) is 14.2. The van der Waals surface area contributed by atoms with Crippen LogP contribution in [0.25, 0.3) is 0 Å². The number of nitrogens with one attached hydrogen (secondary N) is 1. The highest BCUT2D eigenvalue weighted by Gasteiger charge is 2.22. The van der Waals surface area contributed by atoms with Crippen LogP contribution < -0.4 is 5.32 Å². The Morgan fingerprint density at radius 2 is 1.38 bits per heavy atom. The smallest absolute Gasteiger partial charge is 0.255 e. The summed E-state index contributed by atoms with van der Waals surface area (Å²) in [4.78, 5) is 26.9. The number of amides is 2. The molecule has 1 N–H and O–H groups in total. The maximum Gasteiger partial charge on any atom is 0.255 e. The highest BCUT2D eigenvalue weighted by atomic mass is 16.2. The monoisotopic (exact) mass is 400 g/mol. The number of hydrogen-bond acceptors (Lipinski definition) is 2. The average Bonchev–Trinajstić information content (AvgIpc) is 3.27. The van der Waals surface area contributed by atoms with Gasteiger partial charge in [-0.25, -0.2) is 0 Å².